The summed E-state index contributed by atoms with van der Waals surface area (Å²) in [6, 6.07) is 1.49. The van der Waals surface area contributed by atoms with Gasteiger partial charge in [0, 0.05) is 12.6 Å². The van der Waals surface area contributed by atoms with Crippen molar-refractivity contribution in [3.63, 3.8) is 0 Å². The van der Waals surface area contributed by atoms with Crippen LogP contribution in [0.5, 0.6) is 0 Å². The number of aliphatic carboxylic acids is 1. The molecule has 1 N–H and O–H groups in total. The number of aromatic nitrogens is 1. The molecule has 0 unspecified atom stereocenters. The van der Waals surface area contributed by atoms with Crippen LogP contribution < -0.4 is 0 Å². The molecule has 0 aliphatic rings. The molecule has 0 saturated carbocycles. The first-order valence-electron chi connectivity index (χ1n) is 4.99. The Morgan fingerprint density at radius 1 is 1.56 bits per heavy atom. The topological polar surface area (TPSA) is 83.6 Å². The lowest BCUT2D eigenvalue weighted by molar-refractivity contribution is -0.137. The molecule has 88 valence electrons. The SMILES string of the molecule is CCCN(CC(=O)O)C(=O)c1cc(C)on1. The van der Waals surface area contributed by atoms with E-state index in [9.17, 15) is 9.59 Å². The predicted molar refractivity (Wildman–Crippen MR) is 55.1 cm³/mol. The zero-order valence-corrected chi connectivity index (χ0v) is 9.27. The van der Waals surface area contributed by atoms with E-state index in [0.717, 1.165) is 0 Å². The molecule has 1 heterocycles. The number of hydrogen-bond acceptors (Lipinski definition) is 4. The molecule has 1 rings (SSSR count). The van der Waals surface area contributed by atoms with E-state index in [2.05, 4.69) is 5.16 Å². The number of hydrogen-bond donors (Lipinski definition) is 1. The number of aryl methyl sites for hydroxylation is 1. The van der Waals surface area contributed by atoms with E-state index in [-0.39, 0.29) is 12.2 Å². The third-order valence-electron chi connectivity index (χ3n) is 1.95. The Labute approximate surface area is 92.8 Å². The van der Waals surface area contributed by atoms with Gasteiger partial charge in [0.1, 0.15) is 12.3 Å². The Morgan fingerprint density at radius 3 is 2.69 bits per heavy atom. The monoisotopic (exact) mass is 226 g/mol. The second-order valence-electron chi connectivity index (χ2n) is 3.44. The molecule has 1 amide bonds. The molecule has 0 aromatic carbocycles. The van der Waals surface area contributed by atoms with E-state index in [1.807, 2.05) is 6.92 Å². The van der Waals surface area contributed by atoms with Gasteiger partial charge >= 0.3 is 5.97 Å². The molecule has 0 radical (unpaired) electrons. The Balaban J connectivity index is 2.78. The zero-order valence-electron chi connectivity index (χ0n) is 9.27. The molecular formula is C10H14N2O4. The van der Waals surface area contributed by atoms with E-state index < -0.39 is 11.9 Å². The number of carboxylic acids is 1. The first kappa shape index (κ1) is 12.2. The molecule has 0 spiro atoms. The van der Waals surface area contributed by atoms with Crippen molar-refractivity contribution in [3.05, 3.63) is 17.5 Å². The van der Waals surface area contributed by atoms with Crippen LogP contribution in [0.3, 0.4) is 0 Å². The van der Waals surface area contributed by atoms with E-state index >= 15 is 0 Å². The quantitative estimate of drug-likeness (QED) is 0.807. The molecule has 6 nitrogen and oxygen atoms in total. The molecule has 6 heteroatoms. The summed E-state index contributed by atoms with van der Waals surface area (Å²) in [5.74, 6) is -0.932. The fraction of sp³-hybridized carbons (Fsp3) is 0.500. The average Bonchev–Trinajstić information content (AvgIpc) is 2.62. The molecule has 0 aliphatic heterocycles. The number of carbonyl (C=O) groups excluding carboxylic acids is 1. The lowest BCUT2D eigenvalue weighted by Crippen LogP contribution is -2.36. The molecule has 0 aliphatic carbocycles. The van der Waals surface area contributed by atoms with Crippen LogP contribution in [0.1, 0.15) is 29.6 Å². The minimum absolute atomic E-state index is 0.146. The summed E-state index contributed by atoms with van der Waals surface area (Å²) in [7, 11) is 0. The highest BCUT2D eigenvalue weighted by molar-refractivity contribution is 5.94. The van der Waals surface area contributed by atoms with Crippen molar-refractivity contribution in [2.75, 3.05) is 13.1 Å². The van der Waals surface area contributed by atoms with E-state index in [1.165, 1.54) is 11.0 Å². The zero-order chi connectivity index (χ0) is 12.1. The maximum atomic E-state index is 11.8. The summed E-state index contributed by atoms with van der Waals surface area (Å²) in [5, 5.41) is 12.2. The second kappa shape index (κ2) is 5.29. The third-order valence-corrected chi connectivity index (χ3v) is 1.95. The van der Waals surface area contributed by atoms with Gasteiger partial charge in [0.05, 0.1) is 0 Å². The van der Waals surface area contributed by atoms with Crippen molar-refractivity contribution in [1.82, 2.24) is 10.1 Å². The first-order chi connectivity index (χ1) is 7.54. The summed E-state index contributed by atoms with van der Waals surface area (Å²) >= 11 is 0. The maximum Gasteiger partial charge on any atom is 0.323 e. The van der Waals surface area contributed by atoms with Crippen LogP contribution in [0.2, 0.25) is 0 Å². The standard InChI is InChI=1S/C10H14N2O4/c1-3-4-12(6-9(13)14)10(15)8-5-7(2)16-11-8/h5H,3-4,6H2,1-2H3,(H,13,14). The van der Waals surface area contributed by atoms with Crippen molar-refractivity contribution < 1.29 is 19.2 Å². The lowest BCUT2D eigenvalue weighted by atomic mass is 10.3. The Morgan fingerprint density at radius 2 is 2.25 bits per heavy atom. The summed E-state index contributed by atoms with van der Waals surface area (Å²) < 4.78 is 4.77. The van der Waals surface area contributed by atoms with E-state index in [1.54, 1.807) is 6.92 Å². The number of carboxylic acid groups (broad SMARTS) is 1. The highest BCUT2D eigenvalue weighted by Gasteiger charge is 2.20. The number of carbonyl (C=O) groups is 2. The highest BCUT2D eigenvalue weighted by Crippen LogP contribution is 2.06. The van der Waals surface area contributed by atoms with Gasteiger partial charge in [0.25, 0.3) is 5.91 Å². The molecule has 0 atom stereocenters. The summed E-state index contributed by atoms with van der Waals surface area (Å²) in [5.41, 5.74) is 0.146. The second-order valence-corrected chi connectivity index (χ2v) is 3.44. The Hall–Kier alpha value is -1.85. The van der Waals surface area contributed by atoms with Gasteiger partial charge in [0.2, 0.25) is 0 Å². The fourth-order valence-electron chi connectivity index (χ4n) is 1.31. The van der Waals surface area contributed by atoms with Crippen LogP contribution in [0.25, 0.3) is 0 Å². The van der Waals surface area contributed by atoms with Crippen molar-refractivity contribution in [2.45, 2.75) is 20.3 Å². The smallest absolute Gasteiger partial charge is 0.323 e. The van der Waals surface area contributed by atoms with Crippen LogP contribution in [0.15, 0.2) is 10.6 Å². The molecule has 0 fully saturated rings. The van der Waals surface area contributed by atoms with Crippen molar-refractivity contribution in [3.8, 4) is 0 Å². The van der Waals surface area contributed by atoms with E-state index in [0.29, 0.717) is 18.7 Å². The highest BCUT2D eigenvalue weighted by atomic mass is 16.5. The van der Waals surface area contributed by atoms with Gasteiger partial charge in [-0.25, -0.2) is 0 Å². The number of nitrogens with zero attached hydrogens (tertiary/aromatic N) is 2. The van der Waals surface area contributed by atoms with Crippen molar-refractivity contribution in [2.24, 2.45) is 0 Å². The Bertz CT molecular complexity index is 386. The average molecular weight is 226 g/mol. The number of rotatable bonds is 5. The molecule has 0 saturated heterocycles. The van der Waals surface area contributed by atoms with Crippen LogP contribution in [-0.2, 0) is 4.79 Å². The van der Waals surface area contributed by atoms with E-state index in [4.69, 9.17) is 9.63 Å². The van der Waals surface area contributed by atoms with Crippen molar-refractivity contribution >= 4 is 11.9 Å². The van der Waals surface area contributed by atoms with Gasteiger partial charge in [-0.3, -0.25) is 9.59 Å². The largest absolute Gasteiger partial charge is 0.480 e. The Kier molecular flexibility index (Phi) is 4.04. The summed E-state index contributed by atoms with van der Waals surface area (Å²) in [4.78, 5) is 23.6. The van der Waals surface area contributed by atoms with Gasteiger partial charge in [-0.2, -0.15) is 0 Å². The van der Waals surface area contributed by atoms with Gasteiger partial charge in [0.15, 0.2) is 5.69 Å². The number of amides is 1. The van der Waals surface area contributed by atoms with Gasteiger partial charge in [-0.1, -0.05) is 12.1 Å². The molecule has 0 bridgehead atoms. The minimum atomic E-state index is -1.04. The van der Waals surface area contributed by atoms with Gasteiger partial charge in [-0.15, -0.1) is 0 Å². The minimum Gasteiger partial charge on any atom is -0.480 e. The molecule has 16 heavy (non-hydrogen) atoms. The van der Waals surface area contributed by atoms with Crippen molar-refractivity contribution in [1.29, 1.82) is 0 Å². The van der Waals surface area contributed by atoms with Crippen LogP contribution in [0.4, 0.5) is 0 Å². The maximum absolute atomic E-state index is 11.8. The third kappa shape index (κ3) is 3.08. The lowest BCUT2D eigenvalue weighted by Gasteiger charge is -2.18. The van der Waals surface area contributed by atoms with Gasteiger partial charge < -0.3 is 14.5 Å². The summed E-state index contributed by atoms with van der Waals surface area (Å²) in [6.45, 7) is 3.61. The molecule has 1 aromatic rings. The van der Waals surface area contributed by atoms with Gasteiger partial charge in [-0.05, 0) is 13.3 Å². The van der Waals surface area contributed by atoms with Crippen LogP contribution in [0, 0.1) is 6.92 Å². The van der Waals surface area contributed by atoms with Crippen LogP contribution in [-0.4, -0.2) is 40.1 Å². The predicted octanol–water partition coefficient (Wildman–Crippen LogP) is 0.920. The summed E-state index contributed by atoms with van der Waals surface area (Å²) in [6.07, 6.45) is 0.690. The molecular weight excluding hydrogens is 212 g/mol. The normalized spacial score (nSPS) is 10.1. The molecule has 1 aromatic heterocycles. The van der Waals surface area contributed by atoms with Crippen LogP contribution >= 0.6 is 0 Å². The fourth-order valence-corrected chi connectivity index (χ4v) is 1.31. The first-order valence-corrected chi connectivity index (χ1v) is 4.99.